The maximum Gasteiger partial charge on any atom is 0.282 e. The van der Waals surface area contributed by atoms with E-state index in [4.69, 9.17) is 0 Å². The Labute approximate surface area is 197 Å². The third kappa shape index (κ3) is 4.12. The maximum absolute atomic E-state index is 13.9. The van der Waals surface area contributed by atoms with Crippen LogP contribution in [0.5, 0.6) is 0 Å². The van der Waals surface area contributed by atoms with Gasteiger partial charge in [-0.3, -0.25) is 9.59 Å². The average Bonchev–Trinajstić information content (AvgIpc) is 3.12. The lowest BCUT2D eigenvalue weighted by atomic mass is 9.89. The monoisotopic (exact) mass is 458 g/mol. The second kappa shape index (κ2) is 9.21. The number of amides is 2. The molecular weight excluding hydrogens is 434 g/mol. The molecule has 0 N–H and O–H groups in total. The van der Waals surface area contributed by atoms with Crippen LogP contribution >= 0.6 is 0 Å². The number of rotatable bonds is 5. The molecule has 0 saturated carbocycles. The molecule has 6 heteroatoms. The SMILES string of the molecule is O=C1C(c2ccccc2)=C(N2CCC(Cc3ccccc3)CC2)C(=O)N1c1ccc(F)c(F)c1. The van der Waals surface area contributed by atoms with Gasteiger partial charge in [0.05, 0.1) is 11.3 Å². The van der Waals surface area contributed by atoms with Crippen LogP contribution in [0.15, 0.2) is 84.6 Å². The molecule has 2 aliphatic rings. The smallest absolute Gasteiger partial charge is 0.282 e. The first-order valence-corrected chi connectivity index (χ1v) is 11.5. The van der Waals surface area contributed by atoms with Crippen molar-refractivity contribution < 1.29 is 18.4 Å². The molecule has 0 radical (unpaired) electrons. The van der Waals surface area contributed by atoms with Gasteiger partial charge in [-0.2, -0.15) is 0 Å². The Morgan fingerprint density at radius 1 is 0.765 bits per heavy atom. The van der Waals surface area contributed by atoms with Crippen LogP contribution < -0.4 is 4.90 Å². The Morgan fingerprint density at radius 2 is 1.41 bits per heavy atom. The van der Waals surface area contributed by atoms with E-state index in [1.807, 2.05) is 41.3 Å². The van der Waals surface area contributed by atoms with Crippen molar-refractivity contribution >= 4 is 23.1 Å². The van der Waals surface area contributed by atoms with Crippen molar-refractivity contribution in [3.8, 4) is 0 Å². The first-order valence-electron chi connectivity index (χ1n) is 11.5. The molecule has 5 rings (SSSR count). The molecule has 2 heterocycles. The van der Waals surface area contributed by atoms with Crippen molar-refractivity contribution in [2.45, 2.75) is 19.3 Å². The van der Waals surface area contributed by atoms with Crippen molar-refractivity contribution in [2.75, 3.05) is 18.0 Å². The molecule has 0 aliphatic carbocycles. The predicted octanol–water partition coefficient (Wildman–Crippen LogP) is 5.20. The van der Waals surface area contributed by atoms with Gasteiger partial charge in [-0.1, -0.05) is 60.7 Å². The molecule has 3 aromatic carbocycles. The predicted molar refractivity (Wildman–Crippen MR) is 127 cm³/mol. The zero-order valence-electron chi connectivity index (χ0n) is 18.6. The summed E-state index contributed by atoms with van der Waals surface area (Å²) in [6.07, 6.45) is 2.77. The highest BCUT2D eigenvalue weighted by Gasteiger charge is 2.43. The number of hydrogen-bond donors (Lipinski definition) is 0. The topological polar surface area (TPSA) is 40.6 Å². The summed E-state index contributed by atoms with van der Waals surface area (Å²) in [5, 5.41) is 0. The lowest BCUT2D eigenvalue weighted by molar-refractivity contribution is -0.120. The number of nitrogens with zero attached hydrogens (tertiary/aromatic N) is 2. The van der Waals surface area contributed by atoms with E-state index in [0.717, 1.165) is 36.3 Å². The van der Waals surface area contributed by atoms with Gasteiger partial charge in [0.1, 0.15) is 5.70 Å². The number of likely N-dealkylation sites (tertiary alicyclic amines) is 1. The Hall–Kier alpha value is -3.80. The summed E-state index contributed by atoms with van der Waals surface area (Å²) in [6, 6.07) is 22.5. The minimum absolute atomic E-state index is 0.0243. The van der Waals surface area contributed by atoms with Gasteiger partial charge < -0.3 is 4.90 Å². The van der Waals surface area contributed by atoms with E-state index in [1.54, 1.807) is 12.1 Å². The van der Waals surface area contributed by atoms with E-state index in [-0.39, 0.29) is 5.69 Å². The summed E-state index contributed by atoms with van der Waals surface area (Å²) in [6.45, 7) is 1.29. The molecule has 0 atom stereocenters. The van der Waals surface area contributed by atoms with Crippen molar-refractivity contribution in [3.05, 3.63) is 107 Å². The molecule has 3 aromatic rings. The van der Waals surface area contributed by atoms with Crippen molar-refractivity contribution in [2.24, 2.45) is 5.92 Å². The van der Waals surface area contributed by atoms with Crippen LogP contribution in [0.1, 0.15) is 24.0 Å². The zero-order valence-corrected chi connectivity index (χ0v) is 18.6. The van der Waals surface area contributed by atoms with Crippen LogP contribution in [0.4, 0.5) is 14.5 Å². The van der Waals surface area contributed by atoms with Crippen molar-refractivity contribution in [3.63, 3.8) is 0 Å². The Bertz CT molecular complexity index is 1250. The summed E-state index contributed by atoms with van der Waals surface area (Å²) in [5.74, 6) is -2.66. The Morgan fingerprint density at radius 3 is 2.06 bits per heavy atom. The number of anilines is 1. The lowest BCUT2D eigenvalue weighted by Crippen LogP contribution is -2.39. The first-order chi connectivity index (χ1) is 16.5. The largest absolute Gasteiger partial charge is 0.366 e. The van der Waals surface area contributed by atoms with Crippen LogP contribution in [-0.4, -0.2) is 29.8 Å². The summed E-state index contributed by atoms with van der Waals surface area (Å²) in [5.41, 5.74) is 2.58. The third-order valence-corrected chi connectivity index (χ3v) is 6.58. The summed E-state index contributed by atoms with van der Waals surface area (Å²) >= 11 is 0. The fourth-order valence-electron chi connectivity index (χ4n) is 4.84. The molecule has 0 aromatic heterocycles. The van der Waals surface area contributed by atoms with Crippen LogP contribution in [0.25, 0.3) is 5.57 Å². The van der Waals surface area contributed by atoms with Gasteiger partial charge in [0.2, 0.25) is 0 Å². The van der Waals surface area contributed by atoms with Crippen molar-refractivity contribution in [1.29, 1.82) is 0 Å². The normalized spacial score (nSPS) is 17.1. The van der Waals surface area contributed by atoms with Crippen LogP contribution in [0.3, 0.4) is 0 Å². The van der Waals surface area contributed by atoms with Gasteiger partial charge in [0, 0.05) is 19.2 Å². The van der Waals surface area contributed by atoms with E-state index in [2.05, 4.69) is 12.1 Å². The minimum atomic E-state index is -1.10. The second-order valence-corrected chi connectivity index (χ2v) is 8.75. The molecule has 1 saturated heterocycles. The van der Waals surface area contributed by atoms with Gasteiger partial charge in [-0.05, 0) is 48.4 Å². The second-order valence-electron chi connectivity index (χ2n) is 8.75. The van der Waals surface area contributed by atoms with E-state index in [1.165, 1.54) is 11.6 Å². The maximum atomic E-state index is 13.9. The summed E-state index contributed by atoms with van der Waals surface area (Å²) in [4.78, 5) is 30.0. The highest BCUT2D eigenvalue weighted by Crippen LogP contribution is 2.37. The van der Waals surface area contributed by atoms with Crippen LogP contribution in [0.2, 0.25) is 0 Å². The number of carbonyl (C=O) groups is 2. The molecule has 0 spiro atoms. The van der Waals surface area contributed by atoms with E-state index in [0.29, 0.717) is 35.8 Å². The summed E-state index contributed by atoms with van der Waals surface area (Å²) < 4.78 is 27.4. The number of halogens is 2. The van der Waals surface area contributed by atoms with Crippen LogP contribution in [-0.2, 0) is 16.0 Å². The molecule has 0 bridgehead atoms. The number of imide groups is 1. The van der Waals surface area contributed by atoms with Gasteiger partial charge in [-0.25, -0.2) is 13.7 Å². The van der Waals surface area contributed by atoms with Crippen molar-refractivity contribution in [1.82, 2.24) is 4.90 Å². The molecule has 2 aliphatic heterocycles. The quantitative estimate of drug-likeness (QED) is 0.493. The van der Waals surface area contributed by atoms with Crippen LogP contribution in [0, 0.1) is 17.6 Å². The highest BCUT2D eigenvalue weighted by atomic mass is 19.2. The molecule has 1 fully saturated rings. The molecule has 2 amide bonds. The minimum Gasteiger partial charge on any atom is -0.366 e. The molecule has 0 unspecified atom stereocenters. The molecule has 4 nitrogen and oxygen atoms in total. The summed E-state index contributed by atoms with van der Waals surface area (Å²) in [7, 11) is 0. The molecule has 34 heavy (non-hydrogen) atoms. The Kier molecular flexibility index (Phi) is 5.97. The lowest BCUT2D eigenvalue weighted by Gasteiger charge is -2.34. The van der Waals surface area contributed by atoms with E-state index >= 15 is 0 Å². The fraction of sp³-hybridized carbons (Fsp3) is 0.214. The number of carbonyl (C=O) groups excluding carboxylic acids is 2. The van der Waals surface area contributed by atoms with Gasteiger partial charge in [0.15, 0.2) is 11.6 Å². The first kappa shape index (κ1) is 22.0. The number of hydrogen-bond acceptors (Lipinski definition) is 3. The van der Waals surface area contributed by atoms with Gasteiger partial charge in [-0.15, -0.1) is 0 Å². The highest BCUT2D eigenvalue weighted by molar-refractivity contribution is 6.45. The standard InChI is InChI=1S/C28H24F2N2O2/c29-23-12-11-22(18-24(23)30)32-27(33)25(21-9-5-2-6-10-21)26(28(32)34)31-15-13-20(14-16-31)17-19-7-3-1-4-8-19/h1-12,18,20H,13-17H2. The number of piperidine rings is 1. The third-order valence-electron chi connectivity index (χ3n) is 6.58. The van der Waals surface area contributed by atoms with Gasteiger partial charge in [0.25, 0.3) is 11.8 Å². The molecular formula is C28H24F2N2O2. The zero-order chi connectivity index (χ0) is 23.7. The Balaban J connectivity index is 1.44. The molecule has 172 valence electrons. The average molecular weight is 459 g/mol. The van der Waals surface area contributed by atoms with E-state index in [9.17, 15) is 18.4 Å². The fourth-order valence-corrected chi connectivity index (χ4v) is 4.84. The van der Waals surface area contributed by atoms with E-state index < -0.39 is 23.4 Å². The van der Waals surface area contributed by atoms with Gasteiger partial charge >= 0.3 is 0 Å². The number of benzene rings is 3.